The van der Waals surface area contributed by atoms with Gasteiger partial charge in [-0.1, -0.05) is 23.2 Å². The Balaban J connectivity index is 3.01. The summed E-state index contributed by atoms with van der Waals surface area (Å²) in [6, 6.07) is 1.40. The highest BCUT2D eigenvalue weighted by atomic mass is 79.9. The number of nitrogens with one attached hydrogen (secondary N) is 1. The van der Waals surface area contributed by atoms with Crippen molar-refractivity contribution in [2.24, 2.45) is 5.10 Å². The minimum absolute atomic E-state index is 0.0624. The van der Waals surface area contributed by atoms with Crippen molar-refractivity contribution in [1.29, 1.82) is 0 Å². The molecule has 1 aromatic carbocycles. The van der Waals surface area contributed by atoms with Gasteiger partial charge in [0.1, 0.15) is 0 Å². The van der Waals surface area contributed by atoms with Crippen molar-refractivity contribution in [3.8, 4) is 0 Å². The van der Waals surface area contributed by atoms with Gasteiger partial charge in [0.15, 0.2) is 0 Å². The van der Waals surface area contributed by atoms with Crippen LogP contribution in [0.5, 0.6) is 0 Å². The van der Waals surface area contributed by atoms with Crippen LogP contribution in [0, 0.1) is 0 Å². The Labute approximate surface area is 136 Å². The molecule has 0 aliphatic rings. The van der Waals surface area contributed by atoms with E-state index in [-0.39, 0.29) is 27.0 Å². The van der Waals surface area contributed by atoms with Gasteiger partial charge in [-0.15, -0.1) is 0 Å². The maximum atomic E-state index is 12.6. The van der Waals surface area contributed by atoms with Crippen LogP contribution in [0.25, 0.3) is 0 Å². The SMILES string of the molecule is CCOC(=O)/C(Br)=N\Nc1c(Cl)cc(C(F)(F)F)cc1Cl. The molecule has 0 aromatic heterocycles. The van der Waals surface area contributed by atoms with Crippen molar-refractivity contribution in [2.45, 2.75) is 13.1 Å². The van der Waals surface area contributed by atoms with E-state index in [2.05, 4.69) is 31.2 Å². The average molecular weight is 408 g/mol. The highest BCUT2D eigenvalue weighted by molar-refractivity contribution is 9.19. The molecular formula is C11H8BrCl2F3N2O2. The molecule has 0 aliphatic carbocycles. The van der Waals surface area contributed by atoms with Crippen LogP contribution in [-0.4, -0.2) is 17.2 Å². The van der Waals surface area contributed by atoms with E-state index in [0.717, 1.165) is 0 Å². The van der Waals surface area contributed by atoms with Crippen LogP contribution in [0.3, 0.4) is 0 Å². The molecule has 116 valence electrons. The number of hydrazone groups is 1. The zero-order valence-electron chi connectivity index (χ0n) is 10.4. The molecule has 1 rings (SSSR count). The second kappa shape index (κ2) is 7.33. The Morgan fingerprint density at radius 3 is 2.33 bits per heavy atom. The molecule has 1 aromatic rings. The summed E-state index contributed by atoms with van der Waals surface area (Å²) in [6.07, 6.45) is -4.57. The Hall–Kier alpha value is -0.990. The maximum absolute atomic E-state index is 12.6. The topological polar surface area (TPSA) is 50.7 Å². The molecule has 0 bridgehead atoms. The van der Waals surface area contributed by atoms with E-state index < -0.39 is 17.7 Å². The molecule has 10 heteroatoms. The van der Waals surface area contributed by atoms with Gasteiger partial charge in [0, 0.05) is 0 Å². The predicted octanol–water partition coefficient (Wildman–Crippen LogP) is 4.70. The summed E-state index contributed by atoms with van der Waals surface area (Å²) in [4.78, 5) is 11.3. The lowest BCUT2D eigenvalue weighted by Gasteiger charge is -2.11. The second-order valence-corrected chi connectivity index (χ2v) is 5.11. The number of esters is 1. The Morgan fingerprint density at radius 1 is 1.38 bits per heavy atom. The third-order valence-electron chi connectivity index (χ3n) is 2.08. The minimum atomic E-state index is -4.57. The fourth-order valence-corrected chi connectivity index (χ4v) is 1.96. The molecule has 0 spiro atoms. The monoisotopic (exact) mass is 406 g/mol. The van der Waals surface area contributed by atoms with Gasteiger partial charge in [0.25, 0.3) is 0 Å². The quantitative estimate of drug-likeness (QED) is 0.447. The number of anilines is 1. The third-order valence-corrected chi connectivity index (χ3v) is 3.18. The van der Waals surface area contributed by atoms with Gasteiger partial charge in [-0.3, -0.25) is 5.43 Å². The van der Waals surface area contributed by atoms with Crippen LogP contribution in [-0.2, 0) is 15.7 Å². The van der Waals surface area contributed by atoms with Crippen LogP contribution < -0.4 is 5.43 Å². The largest absolute Gasteiger partial charge is 0.461 e. The van der Waals surface area contributed by atoms with E-state index in [1.807, 2.05) is 0 Å². The first-order valence-electron chi connectivity index (χ1n) is 5.39. The molecule has 4 nitrogen and oxygen atoms in total. The lowest BCUT2D eigenvalue weighted by molar-refractivity contribution is -0.137. The fourth-order valence-electron chi connectivity index (χ4n) is 1.18. The molecule has 0 aliphatic heterocycles. The minimum Gasteiger partial charge on any atom is -0.461 e. The summed E-state index contributed by atoms with van der Waals surface area (Å²) in [6.45, 7) is 1.75. The van der Waals surface area contributed by atoms with E-state index in [4.69, 9.17) is 23.2 Å². The van der Waals surface area contributed by atoms with Crippen molar-refractivity contribution >= 4 is 55.4 Å². The third kappa shape index (κ3) is 5.05. The van der Waals surface area contributed by atoms with Crippen LogP contribution in [0.15, 0.2) is 17.2 Å². The number of nitrogens with zero attached hydrogens (tertiary/aromatic N) is 1. The normalized spacial score (nSPS) is 12.2. The zero-order chi connectivity index (χ0) is 16.2. The van der Waals surface area contributed by atoms with Crippen LogP contribution in [0.1, 0.15) is 12.5 Å². The average Bonchev–Trinajstić information content (AvgIpc) is 2.36. The molecule has 1 N–H and O–H groups in total. The van der Waals surface area contributed by atoms with Crippen LogP contribution >= 0.6 is 39.1 Å². The maximum Gasteiger partial charge on any atom is 0.416 e. The number of alkyl halides is 3. The number of carbonyl (C=O) groups excluding carboxylic acids is 1. The highest BCUT2D eigenvalue weighted by Crippen LogP contribution is 2.38. The molecule has 0 saturated heterocycles. The smallest absolute Gasteiger partial charge is 0.416 e. The van der Waals surface area contributed by atoms with Crippen molar-refractivity contribution in [3.63, 3.8) is 0 Å². The number of halogens is 6. The van der Waals surface area contributed by atoms with Crippen LogP contribution in [0.4, 0.5) is 18.9 Å². The second-order valence-electron chi connectivity index (χ2n) is 3.55. The summed E-state index contributed by atoms with van der Waals surface area (Å²) in [7, 11) is 0. The first kappa shape index (κ1) is 18.1. The molecule has 0 fully saturated rings. The van der Waals surface area contributed by atoms with E-state index in [1.165, 1.54) is 0 Å². The van der Waals surface area contributed by atoms with Crippen molar-refractivity contribution in [3.05, 3.63) is 27.7 Å². The molecule has 0 amide bonds. The van der Waals surface area contributed by atoms with Crippen molar-refractivity contribution in [1.82, 2.24) is 0 Å². The zero-order valence-corrected chi connectivity index (χ0v) is 13.5. The Kier molecular flexibility index (Phi) is 6.30. The number of rotatable bonds is 4. The molecule has 0 atom stereocenters. The molecule has 0 heterocycles. The molecule has 0 radical (unpaired) electrons. The summed E-state index contributed by atoms with van der Waals surface area (Å²) >= 11 is 14.3. The Bertz CT molecular complexity index is 556. The van der Waals surface area contributed by atoms with E-state index >= 15 is 0 Å². The van der Waals surface area contributed by atoms with E-state index in [1.54, 1.807) is 6.92 Å². The lowest BCUT2D eigenvalue weighted by atomic mass is 10.2. The summed E-state index contributed by atoms with van der Waals surface area (Å²) in [5, 5.41) is 3.01. The standard InChI is InChI=1S/C11H8BrCl2F3N2O2/c1-2-21-10(20)9(12)19-18-8-6(13)3-5(4-7(8)14)11(15,16)17/h3-4,18H,2H2,1H3/b19-9+. The lowest BCUT2D eigenvalue weighted by Crippen LogP contribution is -2.13. The molecule has 0 saturated carbocycles. The summed E-state index contributed by atoms with van der Waals surface area (Å²) in [5.41, 5.74) is 1.26. The number of ether oxygens (including phenoxy) is 1. The van der Waals surface area contributed by atoms with E-state index in [0.29, 0.717) is 12.1 Å². The number of hydrogen-bond donors (Lipinski definition) is 1. The predicted molar refractivity (Wildman–Crippen MR) is 78.1 cm³/mol. The van der Waals surface area contributed by atoms with Gasteiger partial charge in [0.05, 0.1) is 27.9 Å². The van der Waals surface area contributed by atoms with Gasteiger partial charge < -0.3 is 4.74 Å². The van der Waals surface area contributed by atoms with Gasteiger partial charge in [-0.2, -0.15) is 18.3 Å². The first-order valence-corrected chi connectivity index (χ1v) is 6.94. The fraction of sp³-hybridized carbons (Fsp3) is 0.273. The molecule has 21 heavy (non-hydrogen) atoms. The van der Waals surface area contributed by atoms with Crippen molar-refractivity contribution < 1.29 is 22.7 Å². The van der Waals surface area contributed by atoms with E-state index in [9.17, 15) is 18.0 Å². The molecule has 0 unspecified atom stereocenters. The Morgan fingerprint density at radius 2 is 1.90 bits per heavy atom. The first-order chi connectivity index (χ1) is 9.66. The number of hydrogen-bond acceptors (Lipinski definition) is 4. The number of carbonyl (C=O) groups is 1. The van der Waals surface area contributed by atoms with Crippen molar-refractivity contribution in [2.75, 3.05) is 12.0 Å². The summed E-state index contributed by atoms with van der Waals surface area (Å²) < 4.78 is 42.1. The van der Waals surface area contributed by atoms with Gasteiger partial charge in [-0.05, 0) is 35.0 Å². The van der Waals surface area contributed by atoms with Gasteiger partial charge >= 0.3 is 12.1 Å². The van der Waals surface area contributed by atoms with Gasteiger partial charge in [0.2, 0.25) is 4.62 Å². The van der Waals surface area contributed by atoms with Crippen LogP contribution in [0.2, 0.25) is 10.0 Å². The highest BCUT2D eigenvalue weighted by Gasteiger charge is 2.32. The molecular weight excluding hydrogens is 400 g/mol. The number of benzene rings is 1. The van der Waals surface area contributed by atoms with Gasteiger partial charge in [-0.25, -0.2) is 4.79 Å². The summed E-state index contributed by atoms with van der Waals surface area (Å²) in [5.74, 6) is -0.746.